The van der Waals surface area contributed by atoms with Crippen molar-refractivity contribution in [2.75, 3.05) is 6.61 Å². The molecule has 0 fully saturated rings. The lowest BCUT2D eigenvalue weighted by Gasteiger charge is -2.24. The highest BCUT2D eigenvalue weighted by atomic mass is 16.5. The molecular weight excluding hydrogens is 204 g/mol. The van der Waals surface area contributed by atoms with Gasteiger partial charge in [0.1, 0.15) is 6.10 Å². The molecule has 3 nitrogen and oxygen atoms in total. The zero-order valence-corrected chi connectivity index (χ0v) is 9.08. The first kappa shape index (κ1) is 11.2. The van der Waals surface area contributed by atoms with Crippen LogP contribution >= 0.6 is 0 Å². The smallest absolute Gasteiger partial charge is 0.124 e. The summed E-state index contributed by atoms with van der Waals surface area (Å²) in [4.78, 5) is 0. The van der Waals surface area contributed by atoms with Crippen LogP contribution in [0, 0.1) is 0 Å². The van der Waals surface area contributed by atoms with Gasteiger partial charge in [-0.05, 0) is 11.6 Å². The van der Waals surface area contributed by atoms with Gasteiger partial charge in [-0.1, -0.05) is 30.3 Å². The topological polar surface area (TPSA) is 38.7 Å². The molecule has 0 spiro atoms. The Balaban J connectivity index is 1.82. The first-order valence-electron chi connectivity index (χ1n) is 5.47. The van der Waals surface area contributed by atoms with Crippen molar-refractivity contribution in [2.24, 2.45) is 0 Å². The van der Waals surface area contributed by atoms with Crippen molar-refractivity contribution in [2.45, 2.75) is 25.2 Å². The second kappa shape index (κ2) is 5.68. The molecule has 3 heteroatoms. The summed E-state index contributed by atoms with van der Waals surface area (Å²) in [6, 6.07) is 10.0. The standard InChI is InChI=1S/C13H16O3/c14-9-13-8-12(6-7-15-13)16-10-11-4-2-1-3-5-11/h1-7,12-14H,8-10H2/t12-,13+/m1/s1. The van der Waals surface area contributed by atoms with E-state index in [1.54, 1.807) is 6.26 Å². The van der Waals surface area contributed by atoms with Crippen LogP contribution in [0.4, 0.5) is 0 Å². The van der Waals surface area contributed by atoms with Crippen LogP contribution in [0.15, 0.2) is 42.7 Å². The van der Waals surface area contributed by atoms with Crippen LogP contribution in [0.25, 0.3) is 0 Å². The molecule has 0 aromatic heterocycles. The largest absolute Gasteiger partial charge is 0.496 e. The maximum absolute atomic E-state index is 8.98. The first-order chi connectivity index (χ1) is 7.88. The molecule has 0 unspecified atom stereocenters. The van der Waals surface area contributed by atoms with Crippen LogP contribution in [0.1, 0.15) is 12.0 Å². The Labute approximate surface area is 95.3 Å². The third-order valence-electron chi connectivity index (χ3n) is 2.57. The van der Waals surface area contributed by atoms with Gasteiger partial charge in [0.2, 0.25) is 0 Å². The molecule has 0 bridgehead atoms. The molecular formula is C13H16O3. The predicted octanol–water partition coefficient (Wildman–Crippen LogP) is 1.87. The number of ether oxygens (including phenoxy) is 2. The molecule has 86 valence electrons. The first-order valence-corrected chi connectivity index (χ1v) is 5.47. The summed E-state index contributed by atoms with van der Waals surface area (Å²) >= 11 is 0. The lowest BCUT2D eigenvalue weighted by Crippen LogP contribution is -2.27. The van der Waals surface area contributed by atoms with E-state index in [4.69, 9.17) is 14.6 Å². The Morgan fingerprint density at radius 2 is 2.12 bits per heavy atom. The minimum atomic E-state index is -0.134. The molecule has 1 aliphatic heterocycles. The van der Waals surface area contributed by atoms with Crippen molar-refractivity contribution < 1.29 is 14.6 Å². The lowest BCUT2D eigenvalue weighted by molar-refractivity contribution is -0.0118. The normalized spacial score (nSPS) is 24.1. The Morgan fingerprint density at radius 3 is 2.88 bits per heavy atom. The fraction of sp³-hybridized carbons (Fsp3) is 0.385. The number of aliphatic hydroxyl groups excluding tert-OH is 1. The second-order valence-corrected chi connectivity index (χ2v) is 3.84. The zero-order chi connectivity index (χ0) is 11.2. The molecule has 0 saturated heterocycles. The molecule has 0 amide bonds. The van der Waals surface area contributed by atoms with Gasteiger partial charge in [-0.25, -0.2) is 0 Å². The van der Waals surface area contributed by atoms with Gasteiger partial charge in [-0.2, -0.15) is 0 Å². The quantitative estimate of drug-likeness (QED) is 0.841. The van der Waals surface area contributed by atoms with E-state index in [1.807, 2.05) is 36.4 Å². The summed E-state index contributed by atoms with van der Waals surface area (Å²) in [5.41, 5.74) is 1.16. The minimum Gasteiger partial charge on any atom is -0.496 e. The van der Waals surface area contributed by atoms with Crippen LogP contribution in [0.2, 0.25) is 0 Å². The maximum Gasteiger partial charge on any atom is 0.124 e. The van der Waals surface area contributed by atoms with Crippen LogP contribution in [0.3, 0.4) is 0 Å². The molecule has 1 N–H and O–H groups in total. The average molecular weight is 220 g/mol. The highest BCUT2D eigenvalue weighted by Gasteiger charge is 2.18. The highest BCUT2D eigenvalue weighted by Crippen LogP contribution is 2.15. The van der Waals surface area contributed by atoms with E-state index < -0.39 is 0 Å². The van der Waals surface area contributed by atoms with E-state index in [9.17, 15) is 0 Å². The highest BCUT2D eigenvalue weighted by molar-refractivity contribution is 5.13. The van der Waals surface area contributed by atoms with Crippen LogP contribution < -0.4 is 0 Å². The zero-order valence-electron chi connectivity index (χ0n) is 9.08. The molecule has 0 aliphatic carbocycles. The van der Waals surface area contributed by atoms with Gasteiger partial charge < -0.3 is 14.6 Å². The fourth-order valence-electron chi connectivity index (χ4n) is 1.66. The Bertz CT molecular complexity index is 334. The van der Waals surface area contributed by atoms with Gasteiger partial charge in [-0.15, -0.1) is 0 Å². The van der Waals surface area contributed by atoms with Crippen molar-refractivity contribution in [3.8, 4) is 0 Å². The fourth-order valence-corrected chi connectivity index (χ4v) is 1.66. The molecule has 2 rings (SSSR count). The molecule has 1 aromatic carbocycles. The number of rotatable bonds is 4. The molecule has 0 radical (unpaired) electrons. The van der Waals surface area contributed by atoms with E-state index >= 15 is 0 Å². The molecule has 1 aliphatic rings. The van der Waals surface area contributed by atoms with Crippen LogP contribution in [0.5, 0.6) is 0 Å². The van der Waals surface area contributed by atoms with E-state index in [2.05, 4.69) is 0 Å². The van der Waals surface area contributed by atoms with Gasteiger partial charge in [0.25, 0.3) is 0 Å². The van der Waals surface area contributed by atoms with Crippen molar-refractivity contribution in [1.82, 2.24) is 0 Å². The van der Waals surface area contributed by atoms with Crippen molar-refractivity contribution in [1.29, 1.82) is 0 Å². The van der Waals surface area contributed by atoms with Gasteiger partial charge >= 0.3 is 0 Å². The van der Waals surface area contributed by atoms with E-state index in [1.165, 1.54) is 0 Å². The van der Waals surface area contributed by atoms with E-state index in [0.717, 1.165) is 5.56 Å². The maximum atomic E-state index is 8.98. The van der Waals surface area contributed by atoms with Crippen molar-refractivity contribution in [3.63, 3.8) is 0 Å². The predicted molar refractivity (Wildman–Crippen MR) is 60.7 cm³/mol. The second-order valence-electron chi connectivity index (χ2n) is 3.84. The van der Waals surface area contributed by atoms with E-state index in [0.29, 0.717) is 13.0 Å². The van der Waals surface area contributed by atoms with Crippen molar-refractivity contribution in [3.05, 3.63) is 48.2 Å². The Morgan fingerprint density at radius 1 is 1.31 bits per heavy atom. The summed E-state index contributed by atoms with van der Waals surface area (Å²) in [5.74, 6) is 0. The van der Waals surface area contributed by atoms with Gasteiger partial charge in [0, 0.05) is 6.42 Å². The summed E-state index contributed by atoms with van der Waals surface area (Å²) < 4.78 is 10.9. The van der Waals surface area contributed by atoms with E-state index in [-0.39, 0.29) is 18.8 Å². The monoisotopic (exact) mass is 220 g/mol. The number of hydrogen-bond donors (Lipinski definition) is 1. The third kappa shape index (κ3) is 3.08. The average Bonchev–Trinajstić information content (AvgIpc) is 2.38. The third-order valence-corrected chi connectivity index (χ3v) is 2.57. The van der Waals surface area contributed by atoms with Gasteiger partial charge in [0.05, 0.1) is 25.6 Å². The lowest BCUT2D eigenvalue weighted by atomic mass is 10.1. The molecule has 1 heterocycles. The summed E-state index contributed by atoms with van der Waals surface area (Å²) in [6.07, 6.45) is 4.10. The molecule has 2 atom stereocenters. The Hall–Kier alpha value is -1.32. The molecule has 16 heavy (non-hydrogen) atoms. The van der Waals surface area contributed by atoms with Crippen molar-refractivity contribution >= 4 is 0 Å². The summed E-state index contributed by atoms with van der Waals surface area (Å²) in [6.45, 7) is 0.629. The molecule has 1 aromatic rings. The van der Waals surface area contributed by atoms with Crippen LogP contribution in [-0.4, -0.2) is 23.9 Å². The summed E-state index contributed by atoms with van der Waals surface area (Å²) in [5, 5.41) is 8.98. The number of aliphatic hydroxyl groups is 1. The minimum absolute atomic E-state index is 0.0334. The molecule has 0 saturated carbocycles. The van der Waals surface area contributed by atoms with Gasteiger partial charge in [0.15, 0.2) is 0 Å². The Kier molecular flexibility index (Phi) is 3.97. The SMILES string of the molecule is OC[C@@H]1C[C@H](OCc2ccccc2)C=CO1. The number of benzene rings is 1. The van der Waals surface area contributed by atoms with Crippen LogP contribution in [-0.2, 0) is 16.1 Å². The summed E-state index contributed by atoms with van der Waals surface area (Å²) in [7, 11) is 0. The number of hydrogen-bond acceptors (Lipinski definition) is 3. The van der Waals surface area contributed by atoms with Gasteiger partial charge in [-0.3, -0.25) is 0 Å².